The van der Waals surface area contributed by atoms with E-state index < -0.39 is 15.6 Å². The third-order valence-electron chi connectivity index (χ3n) is 3.94. The van der Waals surface area contributed by atoms with Crippen molar-refractivity contribution in [3.63, 3.8) is 0 Å². The van der Waals surface area contributed by atoms with Crippen molar-refractivity contribution in [2.45, 2.75) is 32.9 Å². The molecule has 1 atom stereocenters. The van der Waals surface area contributed by atoms with Crippen LogP contribution in [0.3, 0.4) is 0 Å². The standard InChI is InChI=1S/C19H28N4O4S.HI/c1-5-20-18(22-13-19(3,24)17-11-10-14(2)27-17)21-12-15-8-6-7-9-16(15)23-28(4,25)26;/h6-11,23-24H,5,12-13H2,1-4H3,(H2,20,21,22);1H. The van der Waals surface area contributed by atoms with Crippen LogP contribution in [0.1, 0.15) is 30.9 Å². The molecule has 0 amide bonds. The third kappa shape index (κ3) is 8.23. The molecule has 10 heteroatoms. The van der Waals surface area contributed by atoms with E-state index in [0.29, 0.717) is 24.0 Å². The maximum Gasteiger partial charge on any atom is 0.229 e. The van der Waals surface area contributed by atoms with E-state index in [0.717, 1.165) is 17.6 Å². The Morgan fingerprint density at radius 3 is 2.48 bits per heavy atom. The summed E-state index contributed by atoms with van der Waals surface area (Å²) in [5.74, 6) is 1.70. The number of sulfonamides is 1. The van der Waals surface area contributed by atoms with Crippen molar-refractivity contribution in [1.29, 1.82) is 0 Å². The van der Waals surface area contributed by atoms with E-state index in [2.05, 4.69) is 20.3 Å². The summed E-state index contributed by atoms with van der Waals surface area (Å²) in [6.45, 7) is 6.50. The topological polar surface area (TPSA) is 116 Å². The molecule has 2 aromatic rings. The second kappa shape index (κ2) is 10.8. The molecule has 0 aliphatic heterocycles. The van der Waals surface area contributed by atoms with E-state index in [4.69, 9.17) is 4.42 Å². The number of rotatable bonds is 8. The van der Waals surface area contributed by atoms with Gasteiger partial charge in [-0.25, -0.2) is 13.4 Å². The SMILES string of the molecule is CCNC(=NCc1ccccc1NS(C)(=O)=O)NCC(C)(O)c1ccc(C)o1.I. The lowest BCUT2D eigenvalue weighted by Gasteiger charge is -2.23. The number of guanidine groups is 1. The smallest absolute Gasteiger partial charge is 0.229 e. The van der Waals surface area contributed by atoms with E-state index in [-0.39, 0.29) is 37.1 Å². The number of aliphatic imine (C=N–C) groups is 1. The summed E-state index contributed by atoms with van der Waals surface area (Å²) in [5.41, 5.74) is 0.0152. The molecule has 0 spiro atoms. The number of furan rings is 1. The molecule has 0 fully saturated rings. The molecule has 0 aliphatic carbocycles. The van der Waals surface area contributed by atoms with Gasteiger partial charge < -0.3 is 20.2 Å². The number of aliphatic hydroxyl groups is 1. The first-order chi connectivity index (χ1) is 13.1. The summed E-state index contributed by atoms with van der Waals surface area (Å²) in [7, 11) is -3.38. The quantitative estimate of drug-likeness (QED) is 0.234. The zero-order chi connectivity index (χ0) is 20.8. The molecule has 0 aliphatic rings. The third-order valence-corrected chi connectivity index (χ3v) is 4.53. The molecular formula is C19H29IN4O4S. The Labute approximate surface area is 189 Å². The van der Waals surface area contributed by atoms with Gasteiger partial charge in [-0.05, 0) is 44.5 Å². The average Bonchev–Trinajstić information content (AvgIpc) is 3.05. The second-order valence-electron chi connectivity index (χ2n) is 6.76. The van der Waals surface area contributed by atoms with Gasteiger partial charge in [-0.2, -0.15) is 0 Å². The summed E-state index contributed by atoms with van der Waals surface area (Å²) >= 11 is 0. The molecule has 8 nitrogen and oxygen atoms in total. The highest BCUT2D eigenvalue weighted by Gasteiger charge is 2.27. The van der Waals surface area contributed by atoms with E-state index in [1.807, 2.05) is 26.0 Å². The number of para-hydroxylation sites is 1. The number of halogens is 1. The molecule has 2 rings (SSSR count). The van der Waals surface area contributed by atoms with Crippen molar-refractivity contribution in [3.8, 4) is 0 Å². The maximum atomic E-state index is 11.5. The van der Waals surface area contributed by atoms with Crippen LogP contribution in [0.25, 0.3) is 0 Å². The van der Waals surface area contributed by atoms with Gasteiger partial charge in [0.25, 0.3) is 0 Å². The number of nitrogens with one attached hydrogen (secondary N) is 3. The van der Waals surface area contributed by atoms with E-state index in [9.17, 15) is 13.5 Å². The van der Waals surface area contributed by atoms with Gasteiger partial charge in [0.1, 0.15) is 17.1 Å². The van der Waals surface area contributed by atoms with Gasteiger partial charge in [0.05, 0.1) is 25.0 Å². The molecule has 0 bridgehead atoms. The van der Waals surface area contributed by atoms with Gasteiger partial charge in [0.2, 0.25) is 10.0 Å². The molecule has 1 heterocycles. The predicted octanol–water partition coefficient (Wildman–Crippen LogP) is 2.54. The summed E-state index contributed by atoms with van der Waals surface area (Å²) in [6, 6.07) is 10.6. The predicted molar refractivity (Wildman–Crippen MR) is 126 cm³/mol. The van der Waals surface area contributed by atoms with Gasteiger partial charge in [-0.1, -0.05) is 18.2 Å². The first-order valence-corrected chi connectivity index (χ1v) is 10.9. The molecule has 1 unspecified atom stereocenters. The number of nitrogens with zero attached hydrogens (tertiary/aromatic N) is 1. The molecule has 4 N–H and O–H groups in total. The van der Waals surface area contributed by atoms with Crippen molar-refractivity contribution in [2.75, 3.05) is 24.1 Å². The first-order valence-electron chi connectivity index (χ1n) is 8.98. The van der Waals surface area contributed by atoms with Crippen LogP contribution >= 0.6 is 24.0 Å². The lowest BCUT2D eigenvalue weighted by molar-refractivity contribution is 0.0378. The molecule has 162 valence electrons. The highest BCUT2D eigenvalue weighted by Crippen LogP contribution is 2.22. The number of hydrogen-bond donors (Lipinski definition) is 4. The van der Waals surface area contributed by atoms with Crippen LogP contribution in [0.5, 0.6) is 0 Å². The molecule has 0 saturated carbocycles. The summed E-state index contributed by atoms with van der Waals surface area (Å²) < 4.78 is 31.1. The molecule has 1 aromatic heterocycles. The normalized spacial score (nSPS) is 13.9. The Morgan fingerprint density at radius 1 is 1.21 bits per heavy atom. The zero-order valence-electron chi connectivity index (χ0n) is 17.0. The van der Waals surface area contributed by atoms with Crippen molar-refractivity contribution in [1.82, 2.24) is 10.6 Å². The van der Waals surface area contributed by atoms with Gasteiger partial charge in [0.15, 0.2) is 5.96 Å². The van der Waals surface area contributed by atoms with Crippen molar-refractivity contribution in [3.05, 3.63) is 53.5 Å². The fourth-order valence-electron chi connectivity index (χ4n) is 2.53. The van der Waals surface area contributed by atoms with Crippen LogP contribution in [0, 0.1) is 6.92 Å². The Bertz CT molecular complexity index is 926. The number of hydrogen-bond acceptors (Lipinski definition) is 5. The van der Waals surface area contributed by atoms with Crippen LogP contribution in [0.4, 0.5) is 5.69 Å². The lowest BCUT2D eigenvalue weighted by Crippen LogP contribution is -2.44. The molecule has 29 heavy (non-hydrogen) atoms. The first kappa shape index (κ1) is 25.2. The minimum atomic E-state index is -3.38. The maximum absolute atomic E-state index is 11.5. The number of aryl methyl sites for hydroxylation is 1. The van der Waals surface area contributed by atoms with Gasteiger partial charge in [0, 0.05) is 6.54 Å². The Balaban J connectivity index is 0.00000420. The zero-order valence-corrected chi connectivity index (χ0v) is 20.2. The Kier molecular flexibility index (Phi) is 9.43. The van der Waals surface area contributed by atoms with Crippen LogP contribution in [0.15, 0.2) is 45.8 Å². The van der Waals surface area contributed by atoms with Gasteiger partial charge >= 0.3 is 0 Å². The van der Waals surface area contributed by atoms with Crippen molar-refractivity contribution < 1.29 is 17.9 Å². The molecule has 1 aromatic carbocycles. The van der Waals surface area contributed by atoms with Crippen LogP contribution in [-0.2, 0) is 22.2 Å². The van der Waals surface area contributed by atoms with Crippen molar-refractivity contribution in [2.24, 2.45) is 4.99 Å². The number of anilines is 1. The van der Waals surface area contributed by atoms with E-state index in [1.165, 1.54) is 0 Å². The Hall–Kier alpha value is -1.79. The van der Waals surface area contributed by atoms with Crippen LogP contribution in [-0.4, -0.2) is 38.8 Å². The molecule has 0 saturated heterocycles. The highest BCUT2D eigenvalue weighted by molar-refractivity contribution is 14.0. The summed E-state index contributed by atoms with van der Waals surface area (Å²) in [5, 5.41) is 16.9. The number of benzene rings is 1. The minimum Gasteiger partial charge on any atom is -0.463 e. The molecular weight excluding hydrogens is 507 g/mol. The van der Waals surface area contributed by atoms with E-state index in [1.54, 1.807) is 31.2 Å². The monoisotopic (exact) mass is 536 g/mol. The largest absolute Gasteiger partial charge is 0.463 e. The highest BCUT2D eigenvalue weighted by atomic mass is 127. The Morgan fingerprint density at radius 2 is 1.90 bits per heavy atom. The van der Waals surface area contributed by atoms with Crippen molar-refractivity contribution >= 4 is 45.6 Å². The minimum absolute atomic E-state index is 0. The summed E-state index contributed by atoms with van der Waals surface area (Å²) in [6.07, 6.45) is 1.11. The van der Waals surface area contributed by atoms with Crippen LogP contribution < -0.4 is 15.4 Å². The van der Waals surface area contributed by atoms with E-state index >= 15 is 0 Å². The lowest BCUT2D eigenvalue weighted by atomic mass is 10.0. The fourth-order valence-corrected chi connectivity index (χ4v) is 3.13. The second-order valence-corrected chi connectivity index (χ2v) is 8.51. The van der Waals surface area contributed by atoms with Gasteiger partial charge in [-0.3, -0.25) is 4.72 Å². The fraction of sp³-hybridized carbons (Fsp3) is 0.421. The summed E-state index contributed by atoms with van der Waals surface area (Å²) in [4.78, 5) is 4.49. The molecule has 0 radical (unpaired) electrons. The average molecular weight is 536 g/mol. The van der Waals surface area contributed by atoms with Gasteiger partial charge in [-0.15, -0.1) is 24.0 Å². The van der Waals surface area contributed by atoms with Crippen LogP contribution in [0.2, 0.25) is 0 Å².